The summed E-state index contributed by atoms with van der Waals surface area (Å²) in [6.07, 6.45) is 0.927. The Labute approximate surface area is 169 Å². The van der Waals surface area contributed by atoms with Crippen LogP contribution in [-0.4, -0.2) is 31.7 Å². The normalized spacial score (nSPS) is 16.3. The largest absolute Gasteiger partial charge is 0.326 e. The summed E-state index contributed by atoms with van der Waals surface area (Å²) >= 11 is 11.9. The zero-order valence-electron chi connectivity index (χ0n) is 14.8. The molecule has 0 unspecified atom stereocenters. The van der Waals surface area contributed by atoms with Crippen molar-refractivity contribution in [2.45, 2.75) is 24.7 Å². The van der Waals surface area contributed by atoms with Gasteiger partial charge in [-0.1, -0.05) is 40.9 Å². The first-order chi connectivity index (χ1) is 12.8. The minimum absolute atomic E-state index is 0.152. The van der Waals surface area contributed by atoms with E-state index in [1.54, 1.807) is 42.5 Å². The quantitative estimate of drug-likeness (QED) is 0.790. The highest BCUT2D eigenvalue weighted by molar-refractivity contribution is 7.89. The molecule has 1 saturated heterocycles. The Morgan fingerprint density at radius 3 is 2.15 bits per heavy atom. The number of hydrogen-bond donors (Lipinski definition) is 1. The number of anilines is 1. The van der Waals surface area contributed by atoms with Gasteiger partial charge in [-0.25, -0.2) is 8.42 Å². The zero-order chi connectivity index (χ0) is 19.6. The second-order valence-corrected chi connectivity index (χ2v) is 9.45. The van der Waals surface area contributed by atoms with Gasteiger partial charge in [0.05, 0.1) is 4.90 Å². The molecule has 5 nitrogen and oxygen atoms in total. The molecule has 0 radical (unpaired) electrons. The van der Waals surface area contributed by atoms with E-state index >= 15 is 0 Å². The zero-order valence-corrected chi connectivity index (χ0v) is 17.1. The number of sulfonamides is 1. The van der Waals surface area contributed by atoms with Crippen LogP contribution in [0, 0.1) is 12.8 Å². The summed E-state index contributed by atoms with van der Waals surface area (Å²) in [6.45, 7) is 2.53. The molecule has 0 aliphatic carbocycles. The Hall–Kier alpha value is -1.60. The van der Waals surface area contributed by atoms with Crippen molar-refractivity contribution in [3.8, 4) is 0 Å². The lowest BCUT2D eigenvalue weighted by molar-refractivity contribution is -0.120. The predicted molar refractivity (Wildman–Crippen MR) is 108 cm³/mol. The summed E-state index contributed by atoms with van der Waals surface area (Å²) in [4.78, 5) is 12.8. The van der Waals surface area contributed by atoms with Gasteiger partial charge in [-0.3, -0.25) is 4.79 Å². The molecule has 3 rings (SSSR count). The second-order valence-electron chi connectivity index (χ2n) is 6.64. The standard InChI is InChI=1S/C19H20Cl2N2O3S/c1-13-2-4-18(5-3-13)27(25,26)23-8-6-14(7-9-23)19(24)22-17-11-15(20)10-16(21)12-17/h2-5,10-12,14H,6-9H2,1H3,(H,22,24). The van der Waals surface area contributed by atoms with Gasteiger partial charge in [0.1, 0.15) is 0 Å². The van der Waals surface area contributed by atoms with Crippen molar-refractivity contribution >= 4 is 44.8 Å². The average Bonchev–Trinajstić information content (AvgIpc) is 2.61. The van der Waals surface area contributed by atoms with Gasteiger partial charge >= 0.3 is 0 Å². The highest BCUT2D eigenvalue weighted by Crippen LogP contribution is 2.27. The predicted octanol–water partition coefficient (Wildman–Crippen LogP) is 4.34. The number of piperidine rings is 1. The number of nitrogens with zero attached hydrogens (tertiary/aromatic N) is 1. The molecular weight excluding hydrogens is 407 g/mol. The Morgan fingerprint density at radius 1 is 1.04 bits per heavy atom. The minimum atomic E-state index is -3.53. The van der Waals surface area contributed by atoms with Crippen LogP contribution in [0.3, 0.4) is 0 Å². The molecule has 0 spiro atoms. The highest BCUT2D eigenvalue weighted by Gasteiger charge is 2.32. The number of halogens is 2. The van der Waals surface area contributed by atoms with Crippen molar-refractivity contribution in [2.24, 2.45) is 5.92 Å². The third-order valence-electron chi connectivity index (χ3n) is 4.61. The van der Waals surface area contributed by atoms with Crippen LogP contribution in [0.4, 0.5) is 5.69 Å². The first-order valence-electron chi connectivity index (χ1n) is 8.59. The molecule has 2 aromatic rings. The van der Waals surface area contributed by atoms with Gasteiger partial charge in [0, 0.05) is 34.7 Å². The molecule has 0 bridgehead atoms. The average molecular weight is 427 g/mol. The first kappa shape index (κ1) is 20.1. The number of carbonyl (C=O) groups excluding carboxylic acids is 1. The number of carbonyl (C=O) groups is 1. The smallest absolute Gasteiger partial charge is 0.243 e. The summed E-state index contributed by atoms with van der Waals surface area (Å²) in [5.74, 6) is -0.409. The van der Waals surface area contributed by atoms with Crippen LogP contribution in [0.2, 0.25) is 10.0 Å². The molecule has 1 heterocycles. The van der Waals surface area contributed by atoms with Crippen molar-refractivity contribution in [1.29, 1.82) is 0 Å². The van der Waals surface area contributed by atoms with Crippen LogP contribution in [0.15, 0.2) is 47.4 Å². The van der Waals surface area contributed by atoms with Crippen molar-refractivity contribution in [3.05, 3.63) is 58.1 Å². The van der Waals surface area contributed by atoms with E-state index in [0.717, 1.165) is 5.56 Å². The molecule has 0 atom stereocenters. The van der Waals surface area contributed by atoms with E-state index in [1.807, 2.05) is 6.92 Å². The number of benzene rings is 2. The summed E-state index contributed by atoms with van der Waals surface area (Å²) in [5, 5.41) is 3.69. The molecule has 1 fully saturated rings. The van der Waals surface area contributed by atoms with Crippen LogP contribution in [0.25, 0.3) is 0 Å². The second kappa shape index (κ2) is 8.19. The Bertz CT molecular complexity index is 918. The maximum Gasteiger partial charge on any atom is 0.243 e. The Balaban J connectivity index is 1.62. The van der Waals surface area contributed by atoms with E-state index in [9.17, 15) is 13.2 Å². The van der Waals surface area contributed by atoms with Gasteiger partial charge in [0.2, 0.25) is 15.9 Å². The minimum Gasteiger partial charge on any atom is -0.326 e. The molecule has 0 saturated carbocycles. The third kappa shape index (κ3) is 4.82. The van der Waals surface area contributed by atoms with Crippen molar-refractivity contribution in [3.63, 3.8) is 0 Å². The number of amides is 1. The van der Waals surface area contributed by atoms with Crippen LogP contribution >= 0.6 is 23.2 Å². The number of hydrogen-bond acceptors (Lipinski definition) is 3. The van der Waals surface area contributed by atoms with Crippen LogP contribution < -0.4 is 5.32 Å². The highest BCUT2D eigenvalue weighted by atomic mass is 35.5. The molecule has 27 heavy (non-hydrogen) atoms. The van der Waals surface area contributed by atoms with Gasteiger partial charge in [0.15, 0.2) is 0 Å². The fraction of sp³-hybridized carbons (Fsp3) is 0.316. The number of rotatable bonds is 4. The SMILES string of the molecule is Cc1ccc(S(=O)(=O)N2CCC(C(=O)Nc3cc(Cl)cc(Cl)c3)CC2)cc1. The van der Waals surface area contributed by atoms with Gasteiger partial charge in [-0.15, -0.1) is 0 Å². The topological polar surface area (TPSA) is 66.5 Å². The lowest BCUT2D eigenvalue weighted by Gasteiger charge is -2.30. The van der Waals surface area contributed by atoms with Crippen molar-refractivity contribution < 1.29 is 13.2 Å². The lowest BCUT2D eigenvalue weighted by Crippen LogP contribution is -2.41. The van der Waals surface area contributed by atoms with E-state index in [1.165, 1.54) is 4.31 Å². The van der Waals surface area contributed by atoms with E-state index in [4.69, 9.17) is 23.2 Å². The monoisotopic (exact) mass is 426 g/mol. The van der Waals surface area contributed by atoms with Crippen LogP contribution in [0.1, 0.15) is 18.4 Å². The van der Waals surface area contributed by atoms with Gasteiger partial charge < -0.3 is 5.32 Å². The van der Waals surface area contributed by atoms with E-state index in [2.05, 4.69) is 5.32 Å². The van der Waals surface area contributed by atoms with Gasteiger partial charge in [-0.2, -0.15) is 4.31 Å². The summed E-state index contributed by atoms with van der Waals surface area (Å²) in [6, 6.07) is 11.6. The van der Waals surface area contributed by atoms with E-state index in [-0.39, 0.29) is 16.7 Å². The fourth-order valence-electron chi connectivity index (χ4n) is 3.09. The van der Waals surface area contributed by atoms with E-state index < -0.39 is 10.0 Å². The van der Waals surface area contributed by atoms with Crippen molar-refractivity contribution in [2.75, 3.05) is 18.4 Å². The molecule has 1 amide bonds. The molecular formula is C19H20Cl2N2O3S. The third-order valence-corrected chi connectivity index (χ3v) is 6.96. The fourth-order valence-corrected chi connectivity index (χ4v) is 5.08. The van der Waals surface area contributed by atoms with E-state index in [0.29, 0.717) is 41.7 Å². The molecule has 1 aliphatic heterocycles. The van der Waals surface area contributed by atoms with Gasteiger partial charge in [-0.05, 0) is 50.1 Å². The maximum absolute atomic E-state index is 12.7. The molecule has 144 valence electrons. The number of aryl methyl sites for hydroxylation is 1. The lowest BCUT2D eigenvalue weighted by atomic mass is 9.97. The Morgan fingerprint density at radius 2 is 1.59 bits per heavy atom. The molecule has 0 aromatic heterocycles. The molecule has 2 aromatic carbocycles. The first-order valence-corrected chi connectivity index (χ1v) is 10.8. The van der Waals surface area contributed by atoms with Crippen LogP contribution in [0.5, 0.6) is 0 Å². The summed E-state index contributed by atoms with van der Waals surface area (Å²) in [7, 11) is -3.53. The maximum atomic E-state index is 12.7. The molecule has 1 N–H and O–H groups in total. The molecule has 8 heteroatoms. The van der Waals surface area contributed by atoms with Crippen LogP contribution in [-0.2, 0) is 14.8 Å². The molecule has 1 aliphatic rings. The number of nitrogens with one attached hydrogen (secondary N) is 1. The van der Waals surface area contributed by atoms with Crippen molar-refractivity contribution in [1.82, 2.24) is 4.31 Å². The summed E-state index contributed by atoms with van der Waals surface area (Å²) < 4.78 is 26.9. The Kier molecular flexibility index (Phi) is 6.11. The summed E-state index contributed by atoms with van der Waals surface area (Å²) in [5.41, 5.74) is 1.54. The van der Waals surface area contributed by atoms with Gasteiger partial charge in [0.25, 0.3) is 0 Å².